The number of likely N-dealkylation sites (tertiary alicyclic amines) is 1. The number of rotatable bonds is 6. The molecule has 4 rings (SSSR count). The zero-order valence-corrected chi connectivity index (χ0v) is 16.8. The van der Waals surface area contributed by atoms with E-state index in [-0.39, 0.29) is 18.2 Å². The maximum absolute atomic E-state index is 13.2. The molecule has 1 aromatic heterocycles. The van der Waals surface area contributed by atoms with Crippen LogP contribution in [0.15, 0.2) is 36.8 Å². The van der Waals surface area contributed by atoms with E-state index in [4.69, 9.17) is 5.73 Å². The van der Waals surface area contributed by atoms with Gasteiger partial charge in [0.05, 0.1) is 12.0 Å². The average molecular weight is 424 g/mol. The number of carbonyl (C=O) groups excluding carboxylic acids is 4. The summed E-state index contributed by atoms with van der Waals surface area (Å²) in [5, 5.41) is 5.46. The number of nitrogens with one attached hydrogen (secondary N) is 3. The number of amides is 4. The third kappa shape index (κ3) is 4.27. The van der Waals surface area contributed by atoms with Gasteiger partial charge >= 0.3 is 0 Å². The third-order valence-corrected chi connectivity index (χ3v) is 5.75. The Bertz CT molecular complexity index is 1010. The number of benzene rings is 1. The first kappa shape index (κ1) is 20.6. The molecule has 31 heavy (non-hydrogen) atoms. The number of aromatic nitrogens is 2. The zero-order valence-electron chi connectivity index (χ0n) is 16.8. The normalized spacial score (nSPS) is 21.2. The average Bonchev–Trinajstić information content (AvgIpc) is 3.45. The smallest absolute Gasteiger partial charge is 0.252 e. The fourth-order valence-electron chi connectivity index (χ4n) is 4.20. The summed E-state index contributed by atoms with van der Waals surface area (Å²) in [5.74, 6) is -1.75. The molecule has 3 heterocycles. The highest BCUT2D eigenvalue weighted by atomic mass is 16.2. The Morgan fingerprint density at radius 1 is 1.29 bits per heavy atom. The summed E-state index contributed by atoms with van der Waals surface area (Å²) in [7, 11) is 0. The minimum absolute atomic E-state index is 0.146. The van der Waals surface area contributed by atoms with Crippen LogP contribution in [0, 0.1) is 0 Å². The maximum Gasteiger partial charge on any atom is 0.252 e. The van der Waals surface area contributed by atoms with Gasteiger partial charge in [0.15, 0.2) is 0 Å². The SMILES string of the molecule is NC(=O)[C@@H]1CCCN1C(=O)[C@H](Cc1c[nH]cn1)NC(=O)[C@H]1Cc2ccccc2C(=O)N1. The number of hydrogen-bond donors (Lipinski definition) is 4. The van der Waals surface area contributed by atoms with E-state index in [0.29, 0.717) is 37.1 Å². The number of nitrogens with two attached hydrogens (primary N) is 1. The lowest BCUT2D eigenvalue weighted by molar-refractivity contribution is -0.140. The van der Waals surface area contributed by atoms with Gasteiger partial charge in [0, 0.05) is 31.1 Å². The predicted octanol–water partition coefficient (Wildman–Crippen LogP) is -0.732. The Balaban J connectivity index is 1.52. The van der Waals surface area contributed by atoms with Crippen LogP contribution in [-0.4, -0.2) is 63.2 Å². The van der Waals surface area contributed by atoms with Crippen molar-refractivity contribution < 1.29 is 19.2 Å². The fraction of sp³-hybridized carbons (Fsp3) is 0.381. The number of imidazole rings is 1. The molecule has 2 aliphatic rings. The number of primary amides is 1. The number of nitrogens with zero attached hydrogens (tertiary/aromatic N) is 2. The molecule has 3 atom stereocenters. The quantitative estimate of drug-likeness (QED) is 0.482. The molecule has 162 valence electrons. The molecular formula is C21H24N6O4. The summed E-state index contributed by atoms with van der Waals surface area (Å²) in [6, 6.07) is 4.66. The number of H-pyrrole nitrogens is 1. The molecule has 0 bridgehead atoms. The lowest BCUT2D eigenvalue weighted by atomic mass is 9.94. The molecule has 0 spiro atoms. The van der Waals surface area contributed by atoms with Gasteiger partial charge in [-0.15, -0.1) is 0 Å². The van der Waals surface area contributed by atoms with E-state index < -0.39 is 29.9 Å². The minimum Gasteiger partial charge on any atom is -0.368 e. The van der Waals surface area contributed by atoms with Crippen LogP contribution in [0.5, 0.6) is 0 Å². The molecule has 2 aromatic rings. The molecule has 0 radical (unpaired) electrons. The summed E-state index contributed by atoms with van der Waals surface area (Å²) in [4.78, 5) is 58.8. The van der Waals surface area contributed by atoms with Gasteiger partial charge < -0.3 is 26.3 Å². The van der Waals surface area contributed by atoms with Gasteiger partial charge in [-0.05, 0) is 24.5 Å². The monoisotopic (exact) mass is 424 g/mol. The molecule has 4 amide bonds. The van der Waals surface area contributed by atoms with Crippen LogP contribution >= 0.6 is 0 Å². The Hall–Kier alpha value is -3.69. The number of fused-ring (bicyclic) bond motifs is 1. The van der Waals surface area contributed by atoms with Crippen LogP contribution in [0.3, 0.4) is 0 Å². The van der Waals surface area contributed by atoms with Gasteiger partial charge in [0.2, 0.25) is 17.7 Å². The highest BCUT2D eigenvalue weighted by Gasteiger charge is 2.38. The largest absolute Gasteiger partial charge is 0.368 e. The summed E-state index contributed by atoms with van der Waals surface area (Å²) in [6.45, 7) is 0.396. The fourth-order valence-corrected chi connectivity index (χ4v) is 4.20. The van der Waals surface area contributed by atoms with Crippen molar-refractivity contribution in [1.29, 1.82) is 0 Å². The van der Waals surface area contributed by atoms with Crippen molar-refractivity contribution in [3.8, 4) is 0 Å². The van der Waals surface area contributed by atoms with E-state index in [9.17, 15) is 19.2 Å². The summed E-state index contributed by atoms with van der Waals surface area (Å²) >= 11 is 0. The minimum atomic E-state index is -0.940. The van der Waals surface area contributed by atoms with Crippen LogP contribution in [0.2, 0.25) is 0 Å². The third-order valence-electron chi connectivity index (χ3n) is 5.75. The summed E-state index contributed by atoms with van der Waals surface area (Å²) in [5.41, 5.74) is 7.36. The first-order valence-corrected chi connectivity index (χ1v) is 10.2. The van der Waals surface area contributed by atoms with Gasteiger partial charge in [0.25, 0.3) is 5.91 Å². The second kappa shape index (κ2) is 8.58. The highest BCUT2D eigenvalue weighted by Crippen LogP contribution is 2.20. The van der Waals surface area contributed by atoms with Crippen molar-refractivity contribution in [2.24, 2.45) is 5.73 Å². The Kier molecular flexibility index (Phi) is 5.70. The van der Waals surface area contributed by atoms with Gasteiger partial charge in [-0.25, -0.2) is 4.98 Å². The lowest BCUT2D eigenvalue weighted by Gasteiger charge is -2.30. The highest BCUT2D eigenvalue weighted by molar-refractivity contribution is 6.01. The Morgan fingerprint density at radius 3 is 2.84 bits per heavy atom. The topological polar surface area (TPSA) is 150 Å². The van der Waals surface area contributed by atoms with E-state index in [1.165, 1.54) is 11.2 Å². The van der Waals surface area contributed by atoms with Gasteiger partial charge in [0.1, 0.15) is 18.1 Å². The van der Waals surface area contributed by atoms with Crippen LogP contribution in [0.4, 0.5) is 0 Å². The molecule has 1 fully saturated rings. The molecule has 2 aliphatic heterocycles. The second-order valence-corrected chi connectivity index (χ2v) is 7.81. The zero-order chi connectivity index (χ0) is 22.0. The Morgan fingerprint density at radius 2 is 2.10 bits per heavy atom. The van der Waals surface area contributed by atoms with Crippen molar-refractivity contribution in [3.63, 3.8) is 0 Å². The predicted molar refractivity (Wildman–Crippen MR) is 110 cm³/mol. The Labute approximate surface area is 178 Å². The standard InChI is InChI=1S/C21H24N6O4/c22-18(28)17-6-3-7-27(17)21(31)16(9-13-10-23-11-24-13)26-20(30)15-8-12-4-1-2-5-14(12)19(29)25-15/h1-2,4-5,10-11,15-17H,3,6-9H2,(H2,22,28)(H,23,24)(H,25,29)(H,26,30)/t15-,16+,17+/m1/s1. The number of hydrogen-bond acceptors (Lipinski definition) is 5. The molecule has 0 saturated carbocycles. The van der Waals surface area contributed by atoms with Gasteiger partial charge in [-0.1, -0.05) is 18.2 Å². The number of aromatic amines is 1. The molecule has 10 nitrogen and oxygen atoms in total. The number of carbonyl (C=O) groups is 4. The van der Waals surface area contributed by atoms with Crippen LogP contribution in [-0.2, 0) is 27.2 Å². The van der Waals surface area contributed by atoms with Crippen LogP contribution in [0.25, 0.3) is 0 Å². The van der Waals surface area contributed by atoms with Crippen LogP contribution in [0.1, 0.15) is 34.5 Å². The van der Waals surface area contributed by atoms with Crippen LogP contribution < -0.4 is 16.4 Å². The lowest BCUT2D eigenvalue weighted by Crippen LogP contribution is -2.58. The first-order valence-electron chi connectivity index (χ1n) is 10.2. The van der Waals surface area contributed by atoms with E-state index >= 15 is 0 Å². The van der Waals surface area contributed by atoms with Gasteiger partial charge in [-0.2, -0.15) is 0 Å². The molecule has 5 N–H and O–H groups in total. The second-order valence-electron chi connectivity index (χ2n) is 7.81. The summed E-state index contributed by atoms with van der Waals surface area (Å²) < 4.78 is 0. The van der Waals surface area contributed by atoms with E-state index in [2.05, 4.69) is 20.6 Å². The van der Waals surface area contributed by atoms with E-state index in [0.717, 1.165) is 5.56 Å². The molecule has 0 unspecified atom stereocenters. The van der Waals surface area contributed by atoms with Crippen molar-refractivity contribution in [3.05, 3.63) is 53.6 Å². The van der Waals surface area contributed by atoms with Crippen molar-refractivity contribution in [2.45, 2.75) is 43.8 Å². The van der Waals surface area contributed by atoms with E-state index in [1.807, 2.05) is 12.1 Å². The van der Waals surface area contributed by atoms with Crippen molar-refractivity contribution in [1.82, 2.24) is 25.5 Å². The van der Waals surface area contributed by atoms with Crippen molar-refractivity contribution >= 4 is 23.6 Å². The van der Waals surface area contributed by atoms with E-state index in [1.54, 1.807) is 18.3 Å². The molecule has 0 aliphatic carbocycles. The molecule has 1 saturated heterocycles. The molecule has 1 aromatic carbocycles. The van der Waals surface area contributed by atoms with Crippen molar-refractivity contribution in [2.75, 3.05) is 6.54 Å². The molecule has 10 heteroatoms. The summed E-state index contributed by atoms with van der Waals surface area (Å²) in [6.07, 6.45) is 4.76. The molecular weight excluding hydrogens is 400 g/mol. The van der Waals surface area contributed by atoms with Gasteiger partial charge in [-0.3, -0.25) is 19.2 Å². The maximum atomic E-state index is 13.2. The first-order chi connectivity index (χ1) is 14.9.